The fourth-order valence-corrected chi connectivity index (χ4v) is 2.37. The SMILES string of the molecule is CSc1ccccc1NCc1nc(-c2ccco2)no1. The minimum Gasteiger partial charge on any atom is -0.461 e. The van der Waals surface area contributed by atoms with Crippen LogP contribution in [0.2, 0.25) is 0 Å². The zero-order valence-corrected chi connectivity index (χ0v) is 11.7. The number of rotatable bonds is 5. The Balaban J connectivity index is 1.70. The number of thioether (sulfide) groups is 1. The Bertz CT molecular complexity index is 679. The number of aromatic nitrogens is 2. The van der Waals surface area contributed by atoms with Crippen LogP contribution in [0.5, 0.6) is 0 Å². The molecule has 102 valence electrons. The highest BCUT2D eigenvalue weighted by Gasteiger charge is 2.10. The Labute approximate surface area is 120 Å². The molecule has 0 aliphatic heterocycles. The van der Waals surface area contributed by atoms with Crippen LogP contribution in [0.25, 0.3) is 11.6 Å². The van der Waals surface area contributed by atoms with Crippen molar-refractivity contribution >= 4 is 17.4 Å². The molecule has 0 aliphatic carbocycles. The van der Waals surface area contributed by atoms with Crippen molar-refractivity contribution in [2.45, 2.75) is 11.4 Å². The smallest absolute Gasteiger partial charge is 0.246 e. The van der Waals surface area contributed by atoms with Gasteiger partial charge in [-0.05, 0) is 30.5 Å². The Morgan fingerprint density at radius 3 is 2.90 bits per heavy atom. The van der Waals surface area contributed by atoms with E-state index in [2.05, 4.69) is 21.5 Å². The number of nitrogens with zero attached hydrogens (tertiary/aromatic N) is 2. The van der Waals surface area contributed by atoms with E-state index in [1.54, 1.807) is 30.2 Å². The largest absolute Gasteiger partial charge is 0.461 e. The number of hydrogen-bond acceptors (Lipinski definition) is 6. The van der Waals surface area contributed by atoms with Crippen LogP contribution < -0.4 is 5.32 Å². The molecular formula is C14H13N3O2S. The summed E-state index contributed by atoms with van der Waals surface area (Å²) in [5.74, 6) is 1.58. The maximum absolute atomic E-state index is 5.22. The van der Waals surface area contributed by atoms with Gasteiger partial charge in [-0.25, -0.2) is 0 Å². The summed E-state index contributed by atoms with van der Waals surface area (Å²) in [6, 6.07) is 11.7. The molecule has 0 bridgehead atoms. The number of anilines is 1. The van der Waals surface area contributed by atoms with Gasteiger partial charge in [0.05, 0.1) is 12.8 Å². The quantitative estimate of drug-likeness (QED) is 0.722. The maximum Gasteiger partial charge on any atom is 0.246 e. The first-order valence-electron chi connectivity index (χ1n) is 6.10. The van der Waals surface area contributed by atoms with Gasteiger partial charge in [0, 0.05) is 10.6 Å². The van der Waals surface area contributed by atoms with Crippen molar-refractivity contribution in [1.82, 2.24) is 10.1 Å². The van der Waals surface area contributed by atoms with Gasteiger partial charge in [-0.15, -0.1) is 11.8 Å². The van der Waals surface area contributed by atoms with E-state index in [1.165, 1.54) is 4.90 Å². The van der Waals surface area contributed by atoms with Gasteiger partial charge in [-0.3, -0.25) is 0 Å². The summed E-state index contributed by atoms with van der Waals surface area (Å²) in [5, 5.41) is 7.18. The van der Waals surface area contributed by atoms with Crippen LogP contribution in [0.3, 0.4) is 0 Å². The molecular weight excluding hydrogens is 274 g/mol. The van der Waals surface area contributed by atoms with Gasteiger partial charge in [0.2, 0.25) is 11.7 Å². The highest BCUT2D eigenvalue weighted by molar-refractivity contribution is 7.98. The highest BCUT2D eigenvalue weighted by Crippen LogP contribution is 2.25. The van der Waals surface area contributed by atoms with E-state index in [4.69, 9.17) is 8.94 Å². The van der Waals surface area contributed by atoms with Gasteiger partial charge in [0.1, 0.15) is 0 Å². The number of nitrogens with one attached hydrogen (secondary N) is 1. The van der Waals surface area contributed by atoms with E-state index < -0.39 is 0 Å². The molecule has 0 saturated carbocycles. The number of benzene rings is 1. The van der Waals surface area contributed by atoms with Crippen LogP contribution in [0.1, 0.15) is 5.89 Å². The average Bonchev–Trinajstić information content (AvgIpc) is 3.16. The Morgan fingerprint density at radius 1 is 1.20 bits per heavy atom. The van der Waals surface area contributed by atoms with Crippen molar-refractivity contribution in [3.63, 3.8) is 0 Å². The van der Waals surface area contributed by atoms with Gasteiger partial charge in [-0.2, -0.15) is 4.98 Å². The van der Waals surface area contributed by atoms with E-state index in [0.29, 0.717) is 24.0 Å². The molecule has 3 aromatic rings. The molecule has 2 heterocycles. The van der Waals surface area contributed by atoms with E-state index >= 15 is 0 Å². The first kappa shape index (κ1) is 12.8. The van der Waals surface area contributed by atoms with E-state index in [0.717, 1.165) is 5.69 Å². The fraction of sp³-hybridized carbons (Fsp3) is 0.143. The van der Waals surface area contributed by atoms with E-state index in [-0.39, 0.29) is 0 Å². The molecule has 1 N–H and O–H groups in total. The van der Waals surface area contributed by atoms with Crippen molar-refractivity contribution in [3.8, 4) is 11.6 Å². The Kier molecular flexibility index (Phi) is 3.73. The monoisotopic (exact) mass is 287 g/mol. The maximum atomic E-state index is 5.22. The molecule has 6 heteroatoms. The zero-order valence-electron chi connectivity index (χ0n) is 10.9. The van der Waals surface area contributed by atoms with Crippen LogP contribution in [0.4, 0.5) is 5.69 Å². The first-order chi connectivity index (χ1) is 9.86. The first-order valence-corrected chi connectivity index (χ1v) is 7.32. The summed E-state index contributed by atoms with van der Waals surface area (Å²) in [6.07, 6.45) is 3.63. The van der Waals surface area contributed by atoms with Crippen molar-refractivity contribution in [1.29, 1.82) is 0 Å². The normalized spacial score (nSPS) is 10.7. The minimum absolute atomic E-state index is 0.463. The molecule has 0 aliphatic rings. The number of hydrogen-bond donors (Lipinski definition) is 1. The predicted octanol–water partition coefficient (Wildman–Crippen LogP) is 3.66. The third kappa shape index (κ3) is 2.70. The summed E-state index contributed by atoms with van der Waals surface area (Å²) < 4.78 is 10.4. The van der Waals surface area contributed by atoms with Gasteiger partial charge < -0.3 is 14.3 Å². The fourth-order valence-electron chi connectivity index (χ4n) is 1.79. The van der Waals surface area contributed by atoms with Gasteiger partial charge in [-0.1, -0.05) is 17.3 Å². The molecule has 2 aromatic heterocycles. The predicted molar refractivity (Wildman–Crippen MR) is 77.5 cm³/mol. The lowest BCUT2D eigenvalue weighted by atomic mass is 10.3. The molecule has 3 rings (SSSR count). The van der Waals surface area contributed by atoms with E-state index in [1.807, 2.05) is 24.5 Å². The van der Waals surface area contributed by atoms with Crippen molar-refractivity contribution in [2.24, 2.45) is 0 Å². The minimum atomic E-state index is 0.463. The molecule has 0 unspecified atom stereocenters. The molecule has 1 aromatic carbocycles. The molecule has 0 fully saturated rings. The van der Waals surface area contributed by atoms with Crippen LogP contribution in [0, 0.1) is 0 Å². The summed E-state index contributed by atoms with van der Waals surface area (Å²) in [6.45, 7) is 0.477. The Hall–Kier alpha value is -2.21. The second kappa shape index (κ2) is 5.83. The summed E-state index contributed by atoms with van der Waals surface area (Å²) >= 11 is 1.69. The molecule has 20 heavy (non-hydrogen) atoms. The second-order valence-corrected chi connectivity index (χ2v) is 4.89. The average molecular weight is 287 g/mol. The topological polar surface area (TPSA) is 64.1 Å². The highest BCUT2D eigenvalue weighted by atomic mass is 32.2. The number of para-hydroxylation sites is 1. The number of furan rings is 1. The van der Waals surface area contributed by atoms with E-state index in [9.17, 15) is 0 Å². The Morgan fingerprint density at radius 2 is 2.10 bits per heavy atom. The lowest BCUT2D eigenvalue weighted by Crippen LogP contribution is -2.00. The van der Waals surface area contributed by atoms with Crippen molar-refractivity contribution in [3.05, 3.63) is 48.6 Å². The summed E-state index contributed by atoms with van der Waals surface area (Å²) in [4.78, 5) is 5.46. The lowest BCUT2D eigenvalue weighted by Gasteiger charge is -2.07. The van der Waals surface area contributed by atoms with Gasteiger partial charge >= 0.3 is 0 Å². The van der Waals surface area contributed by atoms with Crippen LogP contribution >= 0.6 is 11.8 Å². The standard InChI is InChI=1S/C14H13N3O2S/c1-20-12-7-3-2-5-10(12)15-9-13-16-14(17-19-13)11-6-4-8-18-11/h2-8,15H,9H2,1H3. The van der Waals surface area contributed by atoms with Gasteiger partial charge in [0.15, 0.2) is 5.76 Å². The molecule has 0 atom stereocenters. The molecule has 0 spiro atoms. The van der Waals surface area contributed by atoms with Crippen LogP contribution in [0.15, 0.2) is 56.5 Å². The third-order valence-electron chi connectivity index (χ3n) is 2.75. The lowest BCUT2D eigenvalue weighted by molar-refractivity contribution is 0.382. The van der Waals surface area contributed by atoms with Crippen molar-refractivity contribution < 1.29 is 8.94 Å². The molecule has 5 nitrogen and oxygen atoms in total. The van der Waals surface area contributed by atoms with Crippen LogP contribution in [-0.4, -0.2) is 16.4 Å². The van der Waals surface area contributed by atoms with Gasteiger partial charge in [0.25, 0.3) is 0 Å². The molecule has 0 amide bonds. The summed E-state index contributed by atoms with van der Waals surface area (Å²) in [7, 11) is 0. The van der Waals surface area contributed by atoms with Crippen molar-refractivity contribution in [2.75, 3.05) is 11.6 Å². The third-order valence-corrected chi connectivity index (χ3v) is 3.54. The molecule has 0 radical (unpaired) electrons. The van der Waals surface area contributed by atoms with Crippen LogP contribution in [-0.2, 0) is 6.54 Å². The molecule has 0 saturated heterocycles. The zero-order chi connectivity index (χ0) is 13.8. The summed E-state index contributed by atoms with van der Waals surface area (Å²) in [5.41, 5.74) is 1.05. The second-order valence-electron chi connectivity index (χ2n) is 4.04.